The highest BCUT2D eigenvalue weighted by atomic mass is 35.5. The highest BCUT2D eigenvalue weighted by molar-refractivity contribution is 6.34. The molecule has 0 saturated heterocycles. The van der Waals surface area contributed by atoms with Crippen molar-refractivity contribution in [2.75, 3.05) is 0 Å². The molecule has 2 rings (SSSR count). The van der Waals surface area contributed by atoms with Crippen molar-refractivity contribution in [3.63, 3.8) is 0 Å². The van der Waals surface area contributed by atoms with E-state index in [0.29, 0.717) is 16.6 Å². The zero-order valence-electron chi connectivity index (χ0n) is 9.07. The second kappa shape index (κ2) is 3.79. The fourth-order valence-corrected chi connectivity index (χ4v) is 1.90. The van der Waals surface area contributed by atoms with Gasteiger partial charge in [0.2, 0.25) is 5.91 Å². The van der Waals surface area contributed by atoms with Gasteiger partial charge in [0.25, 0.3) is 0 Å². The molecule has 1 aromatic carbocycles. The monoisotopic (exact) mass is 237 g/mol. The Morgan fingerprint density at radius 2 is 2.19 bits per heavy atom. The van der Waals surface area contributed by atoms with Gasteiger partial charge in [0, 0.05) is 6.04 Å². The number of carbonyl (C=O) groups excluding carboxylic acids is 1. The lowest BCUT2D eigenvalue weighted by atomic mass is 10.2. The molecule has 0 atom stereocenters. The molecule has 1 heterocycles. The molecular weight excluding hydrogens is 226 g/mol. The minimum atomic E-state index is -0.536. The van der Waals surface area contributed by atoms with E-state index in [1.807, 2.05) is 4.57 Å². The van der Waals surface area contributed by atoms with E-state index in [-0.39, 0.29) is 0 Å². The number of fused-ring (bicyclic) bond motifs is 1. The Kier molecular flexibility index (Phi) is 2.59. The third-order valence-corrected chi connectivity index (χ3v) is 2.80. The number of primary amides is 1. The summed E-state index contributed by atoms with van der Waals surface area (Å²) in [7, 11) is 0. The van der Waals surface area contributed by atoms with Crippen molar-refractivity contribution in [2.24, 2.45) is 5.73 Å². The molecule has 16 heavy (non-hydrogen) atoms. The number of hydrogen-bond donors (Lipinski definition) is 1. The van der Waals surface area contributed by atoms with Gasteiger partial charge < -0.3 is 10.3 Å². The van der Waals surface area contributed by atoms with Crippen molar-refractivity contribution in [1.82, 2.24) is 9.55 Å². The summed E-state index contributed by atoms with van der Waals surface area (Å²) < 4.78 is 1.99. The van der Waals surface area contributed by atoms with Crippen molar-refractivity contribution >= 4 is 28.5 Å². The minimum absolute atomic E-state index is 0.292. The fourth-order valence-electron chi connectivity index (χ4n) is 1.65. The zero-order valence-corrected chi connectivity index (χ0v) is 9.82. The molecule has 0 aliphatic heterocycles. The standard InChI is InChI=1S/C11H12ClN3O/c1-6(2)15-5-14-9-3-7(11(13)16)8(12)4-10(9)15/h3-6H,1-2H3,(H2,13,16). The van der Waals surface area contributed by atoms with Crippen molar-refractivity contribution in [2.45, 2.75) is 19.9 Å². The summed E-state index contributed by atoms with van der Waals surface area (Å²) in [4.78, 5) is 15.3. The van der Waals surface area contributed by atoms with Gasteiger partial charge in [0.1, 0.15) is 0 Å². The van der Waals surface area contributed by atoms with Crippen LogP contribution in [0.2, 0.25) is 5.02 Å². The van der Waals surface area contributed by atoms with Gasteiger partial charge in [-0.25, -0.2) is 4.98 Å². The summed E-state index contributed by atoms with van der Waals surface area (Å²) in [6.07, 6.45) is 1.73. The number of amides is 1. The molecule has 0 unspecified atom stereocenters. The lowest BCUT2D eigenvalue weighted by Gasteiger charge is -2.08. The average Bonchev–Trinajstić information content (AvgIpc) is 2.58. The number of nitrogens with zero attached hydrogens (tertiary/aromatic N) is 2. The van der Waals surface area contributed by atoms with Crippen LogP contribution in [0.4, 0.5) is 0 Å². The van der Waals surface area contributed by atoms with Crippen LogP contribution in [-0.2, 0) is 0 Å². The maximum atomic E-state index is 11.1. The first kappa shape index (κ1) is 11.0. The second-order valence-electron chi connectivity index (χ2n) is 3.93. The van der Waals surface area contributed by atoms with Crippen LogP contribution >= 0.6 is 11.6 Å². The SMILES string of the molecule is CC(C)n1cnc2cc(C(N)=O)c(Cl)cc21. The highest BCUT2D eigenvalue weighted by Crippen LogP contribution is 2.25. The molecule has 84 valence electrons. The van der Waals surface area contributed by atoms with Gasteiger partial charge >= 0.3 is 0 Å². The molecule has 0 spiro atoms. The smallest absolute Gasteiger partial charge is 0.250 e. The molecule has 0 bridgehead atoms. The Hall–Kier alpha value is -1.55. The molecule has 0 saturated carbocycles. The van der Waals surface area contributed by atoms with Crippen molar-refractivity contribution in [3.05, 3.63) is 29.0 Å². The van der Waals surface area contributed by atoms with Crippen LogP contribution in [0.1, 0.15) is 30.2 Å². The van der Waals surface area contributed by atoms with Gasteiger partial charge in [-0.15, -0.1) is 0 Å². The van der Waals surface area contributed by atoms with E-state index in [2.05, 4.69) is 18.8 Å². The zero-order chi connectivity index (χ0) is 11.9. The Morgan fingerprint density at radius 1 is 1.50 bits per heavy atom. The van der Waals surface area contributed by atoms with Crippen molar-refractivity contribution in [3.8, 4) is 0 Å². The molecule has 2 N–H and O–H groups in total. The fraction of sp³-hybridized carbons (Fsp3) is 0.273. The van der Waals surface area contributed by atoms with Crippen LogP contribution in [0, 0.1) is 0 Å². The Bertz CT molecular complexity index is 560. The first-order valence-corrected chi connectivity index (χ1v) is 5.34. The van der Waals surface area contributed by atoms with Crippen LogP contribution in [0.3, 0.4) is 0 Å². The molecule has 1 aromatic heterocycles. The molecule has 1 amide bonds. The third-order valence-electron chi connectivity index (χ3n) is 2.49. The number of halogens is 1. The van der Waals surface area contributed by atoms with Gasteiger partial charge in [0.15, 0.2) is 0 Å². The second-order valence-corrected chi connectivity index (χ2v) is 4.34. The lowest BCUT2D eigenvalue weighted by molar-refractivity contribution is 0.100. The highest BCUT2D eigenvalue weighted by Gasteiger charge is 2.12. The van der Waals surface area contributed by atoms with E-state index < -0.39 is 5.91 Å². The molecule has 0 radical (unpaired) electrons. The average molecular weight is 238 g/mol. The summed E-state index contributed by atoms with van der Waals surface area (Å²) in [6, 6.07) is 3.64. The predicted molar refractivity (Wildman–Crippen MR) is 63.6 cm³/mol. The molecule has 0 fully saturated rings. The number of rotatable bonds is 2. The predicted octanol–water partition coefficient (Wildman–Crippen LogP) is 2.37. The van der Waals surface area contributed by atoms with E-state index in [0.717, 1.165) is 11.0 Å². The molecule has 0 aliphatic rings. The molecule has 5 heteroatoms. The Morgan fingerprint density at radius 3 is 2.75 bits per heavy atom. The third kappa shape index (κ3) is 1.65. The van der Waals surface area contributed by atoms with Gasteiger partial charge in [0.05, 0.1) is 27.9 Å². The largest absolute Gasteiger partial charge is 0.366 e. The maximum absolute atomic E-state index is 11.1. The molecule has 4 nitrogen and oxygen atoms in total. The number of imidazole rings is 1. The van der Waals surface area contributed by atoms with Crippen LogP contribution in [0.15, 0.2) is 18.5 Å². The van der Waals surface area contributed by atoms with Crippen LogP contribution in [-0.4, -0.2) is 15.5 Å². The Balaban J connectivity index is 2.71. The van der Waals surface area contributed by atoms with E-state index in [4.69, 9.17) is 17.3 Å². The number of aromatic nitrogens is 2. The number of hydrogen-bond acceptors (Lipinski definition) is 2. The first-order chi connectivity index (χ1) is 7.50. The maximum Gasteiger partial charge on any atom is 0.250 e. The summed E-state index contributed by atoms with van der Waals surface area (Å²) >= 11 is 5.99. The summed E-state index contributed by atoms with van der Waals surface area (Å²) in [5.74, 6) is -0.536. The topological polar surface area (TPSA) is 60.9 Å². The van der Waals surface area contributed by atoms with Crippen LogP contribution in [0.5, 0.6) is 0 Å². The molecule has 2 aromatic rings. The summed E-state index contributed by atoms with van der Waals surface area (Å²) in [5, 5.41) is 0.363. The van der Waals surface area contributed by atoms with E-state index >= 15 is 0 Å². The molecule has 0 aliphatic carbocycles. The van der Waals surface area contributed by atoms with Gasteiger partial charge in [-0.3, -0.25) is 4.79 Å². The van der Waals surface area contributed by atoms with Crippen molar-refractivity contribution in [1.29, 1.82) is 0 Å². The summed E-state index contributed by atoms with van der Waals surface area (Å²) in [6.45, 7) is 4.11. The number of nitrogens with two attached hydrogens (primary N) is 1. The summed E-state index contributed by atoms with van der Waals surface area (Å²) in [5.41, 5.74) is 7.16. The number of carbonyl (C=O) groups is 1. The first-order valence-electron chi connectivity index (χ1n) is 4.96. The van der Waals surface area contributed by atoms with Gasteiger partial charge in [-0.1, -0.05) is 11.6 Å². The van der Waals surface area contributed by atoms with E-state index in [9.17, 15) is 4.79 Å². The van der Waals surface area contributed by atoms with Crippen LogP contribution in [0.25, 0.3) is 11.0 Å². The van der Waals surface area contributed by atoms with E-state index in [1.54, 1.807) is 18.5 Å². The van der Waals surface area contributed by atoms with Gasteiger partial charge in [-0.05, 0) is 26.0 Å². The number of benzene rings is 1. The van der Waals surface area contributed by atoms with Crippen LogP contribution < -0.4 is 5.73 Å². The molecular formula is C11H12ClN3O. The minimum Gasteiger partial charge on any atom is -0.366 e. The van der Waals surface area contributed by atoms with Gasteiger partial charge in [-0.2, -0.15) is 0 Å². The Labute approximate surface area is 98.0 Å². The normalized spacial score (nSPS) is 11.2. The quantitative estimate of drug-likeness (QED) is 0.872. The van der Waals surface area contributed by atoms with Crippen molar-refractivity contribution < 1.29 is 4.79 Å². The van der Waals surface area contributed by atoms with E-state index in [1.165, 1.54) is 0 Å². The lowest BCUT2D eigenvalue weighted by Crippen LogP contribution is -2.11.